The number of rotatable bonds is 3. The van der Waals surface area contributed by atoms with E-state index in [4.69, 9.17) is 9.47 Å². The minimum absolute atomic E-state index is 0.229. The van der Waals surface area contributed by atoms with Crippen molar-refractivity contribution < 1.29 is 19.1 Å². The number of carbonyl (C=O) groups is 2. The zero-order valence-electron chi connectivity index (χ0n) is 12.7. The van der Waals surface area contributed by atoms with Gasteiger partial charge in [0.25, 0.3) is 0 Å². The summed E-state index contributed by atoms with van der Waals surface area (Å²) in [5.41, 5.74) is 1.43. The van der Waals surface area contributed by atoms with E-state index in [0.717, 1.165) is 5.56 Å². The molecule has 1 fully saturated rings. The molecule has 2 atom stereocenters. The van der Waals surface area contributed by atoms with E-state index in [1.165, 1.54) is 4.90 Å². The quantitative estimate of drug-likeness (QED) is 0.815. The van der Waals surface area contributed by atoms with Gasteiger partial charge in [0.15, 0.2) is 6.04 Å². The molecule has 1 aliphatic heterocycles. The molecule has 1 aliphatic rings. The summed E-state index contributed by atoms with van der Waals surface area (Å²) in [5, 5.41) is 0. The molecule has 0 aromatic heterocycles. The van der Waals surface area contributed by atoms with Gasteiger partial charge in [-0.25, -0.2) is 14.5 Å². The van der Waals surface area contributed by atoms with E-state index in [9.17, 15) is 9.59 Å². The SMILES string of the molecule is CCOC(=O)N1C(c2ccccc2)OC(=O)C1c1ccccc1. The van der Waals surface area contributed by atoms with Gasteiger partial charge in [0.05, 0.1) is 6.61 Å². The molecule has 2 unspecified atom stereocenters. The second-order valence-electron chi connectivity index (χ2n) is 5.12. The highest BCUT2D eigenvalue weighted by molar-refractivity contribution is 5.86. The maximum Gasteiger partial charge on any atom is 0.413 e. The average molecular weight is 311 g/mol. The lowest BCUT2D eigenvalue weighted by Gasteiger charge is -2.25. The smallest absolute Gasteiger partial charge is 0.413 e. The number of cyclic esters (lactones) is 1. The van der Waals surface area contributed by atoms with Gasteiger partial charge in [-0.1, -0.05) is 60.7 Å². The molecule has 3 rings (SSSR count). The van der Waals surface area contributed by atoms with Gasteiger partial charge in [0.1, 0.15) is 0 Å². The molecule has 5 nitrogen and oxygen atoms in total. The first kappa shape index (κ1) is 15.1. The fraction of sp³-hybridized carbons (Fsp3) is 0.222. The van der Waals surface area contributed by atoms with E-state index < -0.39 is 24.3 Å². The summed E-state index contributed by atoms with van der Waals surface area (Å²) >= 11 is 0. The third kappa shape index (κ3) is 2.90. The Kier molecular flexibility index (Phi) is 4.28. The van der Waals surface area contributed by atoms with E-state index >= 15 is 0 Å². The van der Waals surface area contributed by atoms with E-state index in [0.29, 0.717) is 5.56 Å². The molecule has 0 spiro atoms. The third-order valence-corrected chi connectivity index (χ3v) is 3.66. The van der Waals surface area contributed by atoms with Crippen LogP contribution in [0.15, 0.2) is 60.7 Å². The van der Waals surface area contributed by atoms with Crippen LogP contribution in [0.25, 0.3) is 0 Å². The normalized spacial score (nSPS) is 20.2. The van der Waals surface area contributed by atoms with Crippen molar-refractivity contribution >= 4 is 12.1 Å². The Balaban J connectivity index is 2.01. The summed E-state index contributed by atoms with van der Waals surface area (Å²) in [5.74, 6) is -0.460. The van der Waals surface area contributed by atoms with Crippen molar-refractivity contribution in [1.82, 2.24) is 4.90 Å². The second kappa shape index (κ2) is 6.52. The van der Waals surface area contributed by atoms with Gasteiger partial charge < -0.3 is 9.47 Å². The Morgan fingerprint density at radius 2 is 1.61 bits per heavy atom. The molecular formula is C18H17NO4. The molecule has 0 radical (unpaired) electrons. The number of esters is 1. The fourth-order valence-electron chi connectivity index (χ4n) is 2.66. The number of benzene rings is 2. The largest absolute Gasteiger partial charge is 0.450 e. The monoisotopic (exact) mass is 311 g/mol. The van der Waals surface area contributed by atoms with Gasteiger partial charge >= 0.3 is 12.1 Å². The summed E-state index contributed by atoms with van der Waals surface area (Å²) in [4.78, 5) is 26.2. The number of hydrogen-bond acceptors (Lipinski definition) is 4. The fourth-order valence-corrected chi connectivity index (χ4v) is 2.66. The molecule has 23 heavy (non-hydrogen) atoms. The molecule has 1 saturated heterocycles. The first-order valence-corrected chi connectivity index (χ1v) is 7.48. The third-order valence-electron chi connectivity index (χ3n) is 3.66. The van der Waals surface area contributed by atoms with Gasteiger partial charge in [-0.3, -0.25) is 0 Å². The van der Waals surface area contributed by atoms with Crippen molar-refractivity contribution in [2.24, 2.45) is 0 Å². The van der Waals surface area contributed by atoms with Gasteiger partial charge in [0, 0.05) is 5.56 Å². The maximum atomic E-state index is 12.4. The Labute approximate surface area is 134 Å². The van der Waals surface area contributed by atoms with Crippen LogP contribution in [0, 0.1) is 0 Å². The molecular weight excluding hydrogens is 294 g/mol. The molecule has 1 heterocycles. The molecule has 2 aromatic carbocycles. The van der Waals surface area contributed by atoms with E-state index in [2.05, 4.69) is 0 Å². The Bertz CT molecular complexity index is 687. The lowest BCUT2D eigenvalue weighted by atomic mass is 10.1. The minimum atomic E-state index is -0.805. The molecule has 2 aromatic rings. The van der Waals surface area contributed by atoms with Crippen LogP contribution in [0.2, 0.25) is 0 Å². The summed E-state index contributed by atoms with van der Waals surface area (Å²) in [6.45, 7) is 1.96. The lowest BCUT2D eigenvalue weighted by molar-refractivity contribution is -0.143. The first-order valence-electron chi connectivity index (χ1n) is 7.48. The van der Waals surface area contributed by atoms with E-state index in [-0.39, 0.29) is 6.61 Å². The van der Waals surface area contributed by atoms with Crippen molar-refractivity contribution in [1.29, 1.82) is 0 Å². The summed E-state index contributed by atoms with van der Waals surface area (Å²) < 4.78 is 10.6. The van der Waals surface area contributed by atoms with Crippen LogP contribution < -0.4 is 0 Å². The number of amides is 1. The highest BCUT2D eigenvalue weighted by atomic mass is 16.6. The molecule has 0 saturated carbocycles. The number of carbonyl (C=O) groups excluding carboxylic acids is 2. The molecule has 1 amide bonds. The zero-order valence-corrected chi connectivity index (χ0v) is 12.7. The minimum Gasteiger partial charge on any atom is -0.450 e. The van der Waals surface area contributed by atoms with Crippen LogP contribution in [0.5, 0.6) is 0 Å². The number of hydrogen-bond donors (Lipinski definition) is 0. The maximum absolute atomic E-state index is 12.4. The van der Waals surface area contributed by atoms with Crippen LogP contribution in [-0.2, 0) is 14.3 Å². The van der Waals surface area contributed by atoms with Crippen LogP contribution in [0.3, 0.4) is 0 Å². The highest BCUT2D eigenvalue weighted by Crippen LogP contribution is 2.40. The number of ether oxygens (including phenoxy) is 2. The molecule has 0 aliphatic carbocycles. The molecule has 0 N–H and O–H groups in total. The van der Waals surface area contributed by atoms with E-state index in [1.807, 2.05) is 48.5 Å². The summed E-state index contributed by atoms with van der Waals surface area (Å²) in [7, 11) is 0. The van der Waals surface area contributed by atoms with Gasteiger partial charge in [0.2, 0.25) is 6.23 Å². The Hall–Kier alpha value is -2.82. The predicted octanol–water partition coefficient (Wildman–Crippen LogP) is 3.44. The van der Waals surface area contributed by atoms with Crippen molar-refractivity contribution in [3.8, 4) is 0 Å². The van der Waals surface area contributed by atoms with Crippen molar-refractivity contribution in [3.63, 3.8) is 0 Å². The number of nitrogens with zero attached hydrogens (tertiary/aromatic N) is 1. The second-order valence-corrected chi connectivity index (χ2v) is 5.12. The molecule has 5 heteroatoms. The van der Waals surface area contributed by atoms with Crippen molar-refractivity contribution in [2.75, 3.05) is 6.61 Å². The predicted molar refractivity (Wildman–Crippen MR) is 83.3 cm³/mol. The lowest BCUT2D eigenvalue weighted by Crippen LogP contribution is -2.34. The van der Waals surface area contributed by atoms with Crippen molar-refractivity contribution in [3.05, 3.63) is 71.8 Å². The Morgan fingerprint density at radius 3 is 2.17 bits per heavy atom. The summed E-state index contributed by atoms with van der Waals surface area (Å²) in [6.07, 6.45) is -1.35. The van der Waals surface area contributed by atoms with Crippen molar-refractivity contribution in [2.45, 2.75) is 19.2 Å². The van der Waals surface area contributed by atoms with Crippen LogP contribution >= 0.6 is 0 Å². The van der Waals surface area contributed by atoms with Crippen LogP contribution in [-0.4, -0.2) is 23.6 Å². The highest BCUT2D eigenvalue weighted by Gasteiger charge is 2.47. The molecule has 0 bridgehead atoms. The van der Waals surface area contributed by atoms with Gasteiger partial charge in [-0.2, -0.15) is 0 Å². The first-order chi connectivity index (χ1) is 11.2. The average Bonchev–Trinajstić information content (AvgIpc) is 2.94. The topological polar surface area (TPSA) is 55.8 Å². The van der Waals surface area contributed by atoms with Crippen LogP contribution in [0.1, 0.15) is 30.3 Å². The molecule has 118 valence electrons. The van der Waals surface area contributed by atoms with Crippen LogP contribution in [0.4, 0.5) is 4.79 Å². The zero-order chi connectivity index (χ0) is 16.2. The standard InChI is InChI=1S/C18H17NO4/c1-2-22-18(21)19-15(13-9-5-3-6-10-13)17(20)23-16(19)14-11-7-4-8-12-14/h3-12,15-16H,2H2,1H3. The van der Waals surface area contributed by atoms with Gasteiger partial charge in [-0.05, 0) is 12.5 Å². The Morgan fingerprint density at radius 1 is 1.04 bits per heavy atom. The van der Waals surface area contributed by atoms with E-state index in [1.54, 1.807) is 19.1 Å². The van der Waals surface area contributed by atoms with Gasteiger partial charge in [-0.15, -0.1) is 0 Å². The summed E-state index contributed by atoms with van der Waals surface area (Å²) in [6, 6.07) is 17.5.